The first-order chi connectivity index (χ1) is 14.1. The molecule has 2 rings (SSSR count). The van der Waals surface area contributed by atoms with Crippen LogP contribution in [0.3, 0.4) is 0 Å². The van der Waals surface area contributed by atoms with Crippen molar-refractivity contribution < 1.29 is 22.8 Å². The number of nitrogens with zero attached hydrogens (tertiary/aromatic N) is 4. The minimum atomic E-state index is -3.98. The molecule has 0 aromatic heterocycles. The standard InChI is InChI=1S/C19H29ClN4O5S/c1-5-23(6-2)18(25)14-22-9-11-24(12-10-22)19(26)15-7-8-16(20)17(13-15)30(27,28)21(3)29-4/h7-8,13H,5-6,9-12,14H2,1-4H3. The number of hydroxylamine groups is 1. The van der Waals surface area contributed by atoms with Gasteiger partial charge in [-0.1, -0.05) is 16.1 Å². The number of hydrogen-bond donors (Lipinski definition) is 0. The summed E-state index contributed by atoms with van der Waals surface area (Å²) in [7, 11) is -1.51. The molecule has 0 aliphatic carbocycles. The van der Waals surface area contributed by atoms with Gasteiger partial charge in [-0.15, -0.1) is 0 Å². The fraction of sp³-hybridized carbons (Fsp3) is 0.579. The lowest BCUT2D eigenvalue weighted by molar-refractivity contribution is -0.132. The molecule has 1 aliphatic heterocycles. The molecule has 168 valence electrons. The number of hydrogen-bond acceptors (Lipinski definition) is 6. The van der Waals surface area contributed by atoms with Gasteiger partial charge >= 0.3 is 0 Å². The Morgan fingerprint density at radius 3 is 2.27 bits per heavy atom. The minimum Gasteiger partial charge on any atom is -0.342 e. The second kappa shape index (κ2) is 10.5. The second-order valence-electron chi connectivity index (χ2n) is 6.88. The summed E-state index contributed by atoms with van der Waals surface area (Å²) >= 11 is 6.06. The van der Waals surface area contributed by atoms with E-state index in [0.29, 0.717) is 50.3 Å². The third-order valence-corrected chi connectivity index (χ3v) is 7.35. The van der Waals surface area contributed by atoms with Gasteiger partial charge < -0.3 is 9.80 Å². The Labute approximate surface area is 183 Å². The Kier molecular flexibility index (Phi) is 8.62. The molecule has 0 bridgehead atoms. The number of rotatable bonds is 8. The monoisotopic (exact) mass is 460 g/mol. The van der Waals surface area contributed by atoms with Crippen molar-refractivity contribution in [2.75, 3.05) is 60.0 Å². The molecule has 1 aliphatic rings. The number of sulfonamides is 1. The van der Waals surface area contributed by atoms with Crippen LogP contribution >= 0.6 is 11.6 Å². The van der Waals surface area contributed by atoms with E-state index in [4.69, 9.17) is 16.4 Å². The highest BCUT2D eigenvalue weighted by molar-refractivity contribution is 7.89. The third-order valence-electron chi connectivity index (χ3n) is 5.19. The fourth-order valence-electron chi connectivity index (χ4n) is 3.23. The van der Waals surface area contributed by atoms with Crippen molar-refractivity contribution in [2.24, 2.45) is 0 Å². The molecule has 0 radical (unpaired) electrons. The molecule has 11 heteroatoms. The van der Waals surface area contributed by atoms with E-state index in [9.17, 15) is 18.0 Å². The molecule has 1 heterocycles. The van der Waals surface area contributed by atoms with Crippen LogP contribution < -0.4 is 0 Å². The van der Waals surface area contributed by atoms with Crippen LogP contribution in [0, 0.1) is 0 Å². The summed E-state index contributed by atoms with van der Waals surface area (Å²) in [6.45, 7) is 7.62. The van der Waals surface area contributed by atoms with E-state index < -0.39 is 10.0 Å². The van der Waals surface area contributed by atoms with Crippen molar-refractivity contribution in [3.8, 4) is 0 Å². The molecular weight excluding hydrogens is 432 g/mol. The van der Waals surface area contributed by atoms with E-state index in [0.717, 1.165) is 0 Å². The molecule has 0 atom stereocenters. The van der Waals surface area contributed by atoms with E-state index in [1.165, 1.54) is 32.4 Å². The topological polar surface area (TPSA) is 90.5 Å². The zero-order valence-electron chi connectivity index (χ0n) is 17.8. The summed E-state index contributed by atoms with van der Waals surface area (Å²) in [5.74, 6) is -0.201. The number of halogens is 1. The Balaban J connectivity index is 2.07. The fourth-order valence-corrected chi connectivity index (χ4v) is 4.70. The van der Waals surface area contributed by atoms with E-state index in [-0.39, 0.29) is 27.3 Å². The zero-order chi connectivity index (χ0) is 22.5. The van der Waals surface area contributed by atoms with Gasteiger partial charge in [0.25, 0.3) is 15.9 Å². The van der Waals surface area contributed by atoms with Crippen molar-refractivity contribution in [2.45, 2.75) is 18.7 Å². The SMILES string of the molecule is CCN(CC)C(=O)CN1CCN(C(=O)c2ccc(Cl)c(S(=O)(=O)N(C)OC)c2)CC1. The van der Waals surface area contributed by atoms with Crippen molar-refractivity contribution in [3.05, 3.63) is 28.8 Å². The summed E-state index contributed by atoms with van der Waals surface area (Å²) in [6, 6.07) is 4.17. The lowest BCUT2D eigenvalue weighted by Crippen LogP contribution is -2.51. The van der Waals surface area contributed by atoms with E-state index in [2.05, 4.69) is 0 Å². The maximum absolute atomic E-state index is 12.9. The van der Waals surface area contributed by atoms with Crippen LogP contribution in [0.5, 0.6) is 0 Å². The molecule has 0 unspecified atom stereocenters. The Hall–Kier alpha value is -1.72. The van der Waals surface area contributed by atoms with Crippen LogP contribution in [0.25, 0.3) is 0 Å². The Morgan fingerprint density at radius 2 is 1.73 bits per heavy atom. The normalized spacial score (nSPS) is 15.5. The van der Waals surface area contributed by atoms with Crippen molar-refractivity contribution in [1.29, 1.82) is 0 Å². The number of likely N-dealkylation sites (N-methyl/N-ethyl adjacent to an activating group) is 1. The number of carbonyl (C=O) groups excluding carboxylic acids is 2. The Morgan fingerprint density at radius 1 is 1.13 bits per heavy atom. The first-order valence-electron chi connectivity index (χ1n) is 9.77. The predicted octanol–water partition coefficient (Wildman–Crippen LogP) is 1.15. The highest BCUT2D eigenvalue weighted by Crippen LogP contribution is 2.26. The lowest BCUT2D eigenvalue weighted by Gasteiger charge is -2.35. The van der Waals surface area contributed by atoms with E-state index in [1.54, 1.807) is 9.80 Å². The van der Waals surface area contributed by atoms with Crippen LogP contribution in [0.4, 0.5) is 0 Å². The molecule has 0 saturated carbocycles. The molecule has 1 saturated heterocycles. The smallest absolute Gasteiger partial charge is 0.266 e. The number of piperazine rings is 1. The van der Waals surface area contributed by atoms with Crippen LogP contribution in [0.2, 0.25) is 5.02 Å². The minimum absolute atomic E-state index is 0.00943. The number of amides is 2. The van der Waals surface area contributed by atoms with Gasteiger partial charge in [-0.2, -0.15) is 0 Å². The molecule has 2 amide bonds. The summed E-state index contributed by atoms with van der Waals surface area (Å²) in [5.41, 5.74) is 0.232. The zero-order valence-corrected chi connectivity index (χ0v) is 19.4. The quantitative estimate of drug-likeness (QED) is 0.540. The predicted molar refractivity (Wildman–Crippen MR) is 114 cm³/mol. The van der Waals surface area contributed by atoms with Crippen LogP contribution in [-0.4, -0.2) is 99.4 Å². The largest absolute Gasteiger partial charge is 0.342 e. The van der Waals surface area contributed by atoms with E-state index in [1.807, 2.05) is 18.7 Å². The molecule has 30 heavy (non-hydrogen) atoms. The van der Waals surface area contributed by atoms with Gasteiger partial charge in [0, 0.05) is 51.9 Å². The van der Waals surface area contributed by atoms with Crippen LogP contribution in [0.1, 0.15) is 24.2 Å². The van der Waals surface area contributed by atoms with E-state index >= 15 is 0 Å². The van der Waals surface area contributed by atoms with Gasteiger partial charge in [0.05, 0.1) is 18.7 Å². The van der Waals surface area contributed by atoms with Crippen molar-refractivity contribution in [3.63, 3.8) is 0 Å². The average molecular weight is 461 g/mol. The highest BCUT2D eigenvalue weighted by atomic mass is 35.5. The second-order valence-corrected chi connectivity index (χ2v) is 9.19. The van der Waals surface area contributed by atoms with Crippen molar-refractivity contribution >= 4 is 33.4 Å². The molecule has 0 N–H and O–H groups in total. The van der Waals surface area contributed by atoms with Gasteiger partial charge in [0.2, 0.25) is 5.91 Å². The first kappa shape index (κ1) is 24.5. The van der Waals surface area contributed by atoms with Gasteiger partial charge in [0.1, 0.15) is 4.90 Å². The number of carbonyl (C=O) groups is 2. The average Bonchev–Trinajstić information content (AvgIpc) is 2.74. The highest BCUT2D eigenvalue weighted by Gasteiger charge is 2.28. The molecule has 0 spiro atoms. The summed E-state index contributed by atoms with van der Waals surface area (Å²) in [6.07, 6.45) is 0. The summed E-state index contributed by atoms with van der Waals surface area (Å²) in [4.78, 5) is 35.2. The molecule has 9 nitrogen and oxygen atoms in total. The summed E-state index contributed by atoms with van der Waals surface area (Å²) in [5, 5.41) is 0.00943. The number of benzene rings is 1. The van der Waals surface area contributed by atoms with Crippen molar-refractivity contribution in [1.82, 2.24) is 19.2 Å². The Bertz CT molecular complexity index is 868. The maximum Gasteiger partial charge on any atom is 0.266 e. The summed E-state index contributed by atoms with van der Waals surface area (Å²) < 4.78 is 25.8. The van der Waals surface area contributed by atoms with Gasteiger partial charge in [-0.3, -0.25) is 19.3 Å². The molecule has 1 fully saturated rings. The first-order valence-corrected chi connectivity index (χ1v) is 11.6. The van der Waals surface area contributed by atoms with Crippen LogP contribution in [-0.2, 0) is 19.7 Å². The van der Waals surface area contributed by atoms with Gasteiger partial charge in [-0.25, -0.2) is 8.42 Å². The van der Waals surface area contributed by atoms with Crippen LogP contribution in [0.15, 0.2) is 23.1 Å². The third kappa shape index (κ3) is 5.50. The van der Waals surface area contributed by atoms with Gasteiger partial charge in [0.15, 0.2) is 0 Å². The molecule has 1 aromatic carbocycles. The molecule has 1 aromatic rings. The molecular formula is C19H29ClN4O5S. The van der Waals surface area contributed by atoms with Gasteiger partial charge in [-0.05, 0) is 32.0 Å². The maximum atomic E-state index is 12.9. The lowest BCUT2D eigenvalue weighted by atomic mass is 10.2.